The zero-order chi connectivity index (χ0) is 13.8. The number of likely N-dealkylation sites (tertiary alicyclic amines) is 1. The Hall–Kier alpha value is -2.24. The summed E-state index contributed by atoms with van der Waals surface area (Å²) >= 11 is 0. The second-order valence-corrected chi connectivity index (χ2v) is 4.07. The number of nitrogens with zero attached hydrogens (tertiary/aromatic N) is 1. The van der Waals surface area contributed by atoms with E-state index in [-0.39, 0.29) is 11.7 Å². The normalized spacial score (nSPS) is 14.4. The van der Waals surface area contributed by atoms with Crippen LogP contribution in [0.15, 0.2) is 18.2 Å². The maximum atomic E-state index is 11.8. The van der Waals surface area contributed by atoms with E-state index in [1.165, 1.54) is 14.2 Å². The molecule has 6 nitrogen and oxygen atoms in total. The zero-order valence-electron chi connectivity index (χ0n) is 10.8. The second-order valence-electron chi connectivity index (χ2n) is 4.07. The van der Waals surface area contributed by atoms with Crippen LogP contribution in [0.4, 0.5) is 4.79 Å². The number of hydrogen-bond acceptors (Lipinski definition) is 5. The molecular weight excluding hydrogens is 250 g/mol. The van der Waals surface area contributed by atoms with Crippen LogP contribution >= 0.6 is 0 Å². The molecule has 1 aliphatic rings. The van der Waals surface area contributed by atoms with Gasteiger partial charge in [0.2, 0.25) is 5.91 Å². The number of benzene rings is 1. The Morgan fingerprint density at radius 2 is 1.68 bits per heavy atom. The summed E-state index contributed by atoms with van der Waals surface area (Å²) < 4.78 is 15.3. The molecule has 6 heteroatoms. The third kappa shape index (κ3) is 2.96. The summed E-state index contributed by atoms with van der Waals surface area (Å²) in [5.41, 5.74) is 0. The summed E-state index contributed by atoms with van der Waals surface area (Å²) in [5.74, 6) is 1.09. The highest BCUT2D eigenvalue weighted by atomic mass is 16.6. The van der Waals surface area contributed by atoms with Gasteiger partial charge >= 0.3 is 6.09 Å². The first kappa shape index (κ1) is 13.2. The third-order valence-corrected chi connectivity index (χ3v) is 2.82. The molecule has 0 unspecified atom stereocenters. The predicted molar refractivity (Wildman–Crippen MR) is 66.5 cm³/mol. The van der Waals surface area contributed by atoms with Gasteiger partial charge in [0, 0.05) is 31.2 Å². The molecule has 0 atom stereocenters. The Bertz CT molecular complexity index is 478. The lowest BCUT2D eigenvalue weighted by Crippen LogP contribution is -2.34. The van der Waals surface area contributed by atoms with E-state index in [2.05, 4.69) is 0 Å². The third-order valence-electron chi connectivity index (χ3n) is 2.82. The van der Waals surface area contributed by atoms with Gasteiger partial charge in [0.15, 0.2) is 0 Å². The molecule has 2 rings (SSSR count). The first-order valence-electron chi connectivity index (χ1n) is 5.89. The summed E-state index contributed by atoms with van der Waals surface area (Å²) in [6.45, 7) is 0.402. The molecule has 1 aromatic carbocycles. The first-order valence-corrected chi connectivity index (χ1v) is 5.89. The molecule has 0 radical (unpaired) electrons. The summed E-state index contributed by atoms with van der Waals surface area (Å²) in [4.78, 5) is 24.4. The van der Waals surface area contributed by atoms with E-state index in [0.717, 1.165) is 4.90 Å². The lowest BCUT2D eigenvalue weighted by Gasteiger charge is -2.14. The van der Waals surface area contributed by atoms with Crippen molar-refractivity contribution in [1.29, 1.82) is 0 Å². The van der Waals surface area contributed by atoms with Gasteiger partial charge < -0.3 is 14.2 Å². The monoisotopic (exact) mass is 265 g/mol. The lowest BCUT2D eigenvalue weighted by atomic mass is 10.3. The quantitative estimate of drug-likeness (QED) is 0.834. The van der Waals surface area contributed by atoms with E-state index in [4.69, 9.17) is 14.2 Å². The fourth-order valence-corrected chi connectivity index (χ4v) is 1.84. The van der Waals surface area contributed by atoms with Crippen LogP contribution in [0.1, 0.15) is 12.8 Å². The largest absolute Gasteiger partial charge is 0.496 e. The Balaban J connectivity index is 2.13. The predicted octanol–water partition coefficient (Wildman–Crippen LogP) is 1.82. The van der Waals surface area contributed by atoms with E-state index in [1.54, 1.807) is 18.2 Å². The van der Waals surface area contributed by atoms with Crippen molar-refractivity contribution in [3.8, 4) is 17.2 Å². The van der Waals surface area contributed by atoms with Crippen molar-refractivity contribution in [2.45, 2.75) is 12.8 Å². The van der Waals surface area contributed by atoms with Crippen LogP contribution in [0, 0.1) is 0 Å². The molecule has 1 heterocycles. The summed E-state index contributed by atoms with van der Waals surface area (Å²) in [6, 6.07) is 4.78. The van der Waals surface area contributed by atoms with Crippen LogP contribution in [-0.4, -0.2) is 37.7 Å². The number of imide groups is 1. The standard InChI is InChI=1S/C13H15NO5/c1-17-9-6-10(18-2)8-11(7-9)19-13(16)14-5-3-4-12(14)15/h6-8H,3-5H2,1-2H3. The molecular formula is C13H15NO5. The highest BCUT2D eigenvalue weighted by molar-refractivity contribution is 5.94. The number of carbonyl (C=O) groups excluding carboxylic acids is 2. The van der Waals surface area contributed by atoms with Crippen molar-refractivity contribution in [2.24, 2.45) is 0 Å². The number of methoxy groups -OCH3 is 2. The van der Waals surface area contributed by atoms with Gasteiger partial charge in [-0.3, -0.25) is 4.79 Å². The number of carbonyl (C=O) groups is 2. The smallest absolute Gasteiger partial charge is 0.421 e. The van der Waals surface area contributed by atoms with E-state index in [0.29, 0.717) is 30.9 Å². The topological polar surface area (TPSA) is 65.1 Å². The van der Waals surface area contributed by atoms with Crippen LogP contribution in [0.5, 0.6) is 17.2 Å². The number of hydrogen-bond donors (Lipinski definition) is 0. The highest BCUT2D eigenvalue weighted by Gasteiger charge is 2.28. The molecule has 0 N–H and O–H groups in total. The molecule has 0 aromatic heterocycles. The van der Waals surface area contributed by atoms with E-state index in [9.17, 15) is 9.59 Å². The number of rotatable bonds is 3. The number of amides is 2. The molecule has 1 aliphatic heterocycles. The van der Waals surface area contributed by atoms with Crippen molar-refractivity contribution >= 4 is 12.0 Å². The summed E-state index contributed by atoms with van der Waals surface area (Å²) in [6.07, 6.45) is 0.393. The molecule has 0 aliphatic carbocycles. The van der Waals surface area contributed by atoms with Gasteiger partial charge in [0.05, 0.1) is 14.2 Å². The van der Waals surface area contributed by atoms with Crippen molar-refractivity contribution in [1.82, 2.24) is 4.90 Å². The number of ether oxygens (including phenoxy) is 3. The van der Waals surface area contributed by atoms with Gasteiger partial charge in [0.25, 0.3) is 0 Å². The van der Waals surface area contributed by atoms with Crippen molar-refractivity contribution in [2.75, 3.05) is 20.8 Å². The van der Waals surface area contributed by atoms with Crippen molar-refractivity contribution in [3.63, 3.8) is 0 Å². The lowest BCUT2D eigenvalue weighted by molar-refractivity contribution is -0.125. The SMILES string of the molecule is COc1cc(OC)cc(OC(=O)N2CCCC2=O)c1. The molecule has 102 valence electrons. The first-order chi connectivity index (χ1) is 9.13. The zero-order valence-corrected chi connectivity index (χ0v) is 10.8. The minimum absolute atomic E-state index is 0.208. The van der Waals surface area contributed by atoms with Crippen molar-refractivity contribution in [3.05, 3.63) is 18.2 Å². The molecule has 2 amide bonds. The fourth-order valence-electron chi connectivity index (χ4n) is 1.84. The minimum Gasteiger partial charge on any atom is -0.496 e. The van der Waals surface area contributed by atoms with Crippen LogP contribution in [0.3, 0.4) is 0 Å². The van der Waals surface area contributed by atoms with E-state index >= 15 is 0 Å². The maximum Gasteiger partial charge on any atom is 0.421 e. The van der Waals surface area contributed by atoms with Crippen LogP contribution in [0.2, 0.25) is 0 Å². The van der Waals surface area contributed by atoms with Gasteiger partial charge in [-0.2, -0.15) is 0 Å². The highest BCUT2D eigenvalue weighted by Crippen LogP contribution is 2.28. The molecule has 1 fully saturated rings. The average Bonchev–Trinajstić information content (AvgIpc) is 2.84. The van der Waals surface area contributed by atoms with E-state index < -0.39 is 6.09 Å². The maximum absolute atomic E-state index is 11.8. The Morgan fingerprint density at radius 1 is 1.11 bits per heavy atom. The average molecular weight is 265 g/mol. The van der Waals surface area contributed by atoms with Crippen LogP contribution in [-0.2, 0) is 4.79 Å². The molecule has 1 saturated heterocycles. The summed E-state index contributed by atoms with van der Waals surface area (Å²) in [7, 11) is 3.01. The van der Waals surface area contributed by atoms with Gasteiger partial charge in [-0.15, -0.1) is 0 Å². The van der Waals surface area contributed by atoms with Crippen molar-refractivity contribution < 1.29 is 23.8 Å². The molecule has 0 spiro atoms. The minimum atomic E-state index is -0.669. The Labute approximate surface area is 110 Å². The molecule has 0 bridgehead atoms. The second kappa shape index (κ2) is 5.60. The van der Waals surface area contributed by atoms with Gasteiger partial charge in [-0.05, 0) is 6.42 Å². The van der Waals surface area contributed by atoms with Crippen LogP contribution in [0.25, 0.3) is 0 Å². The Morgan fingerprint density at radius 3 is 2.16 bits per heavy atom. The van der Waals surface area contributed by atoms with Gasteiger partial charge in [0.1, 0.15) is 17.2 Å². The fraction of sp³-hybridized carbons (Fsp3) is 0.385. The van der Waals surface area contributed by atoms with Gasteiger partial charge in [-0.1, -0.05) is 0 Å². The van der Waals surface area contributed by atoms with Crippen LogP contribution < -0.4 is 14.2 Å². The summed E-state index contributed by atoms with van der Waals surface area (Å²) in [5, 5.41) is 0. The molecule has 0 saturated carbocycles. The molecule has 1 aromatic rings. The van der Waals surface area contributed by atoms with Gasteiger partial charge in [-0.25, -0.2) is 9.69 Å². The Kier molecular flexibility index (Phi) is 3.89. The molecule has 19 heavy (non-hydrogen) atoms. The van der Waals surface area contributed by atoms with E-state index in [1.807, 2.05) is 0 Å².